The first kappa shape index (κ1) is 27.6. The summed E-state index contributed by atoms with van der Waals surface area (Å²) in [5.74, 6) is 2.72. The van der Waals surface area contributed by atoms with E-state index in [1.165, 1.54) is 48.0 Å². The Morgan fingerprint density at radius 3 is 2.24 bits per heavy atom. The molecule has 7 nitrogen and oxygen atoms in total. The maximum Gasteiger partial charge on any atom is 0.291 e. The Morgan fingerprint density at radius 1 is 0.868 bits per heavy atom. The predicted molar refractivity (Wildman–Crippen MR) is 154 cm³/mol. The van der Waals surface area contributed by atoms with Crippen LogP contribution in [0.15, 0.2) is 47.3 Å². The molecule has 0 radical (unpaired) electrons. The van der Waals surface area contributed by atoms with Crippen LogP contribution in [0.4, 0.5) is 0 Å². The van der Waals surface area contributed by atoms with E-state index in [4.69, 9.17) is 14.2 Å². The molecule has 2 aromatic carbocycles. The lowest BCUT2D eigenvalue weighted by atomic mass is 10.2. The molecule has 0 fully saturated rings. The number of hydrogen-bond acceptors (Lipinski definition) is 7. The van der Waals surface area contributed by atoms with E-state index in [0.29, 0.717) is 33.4 Å². The van der Waals surface area contributed by atoms with Gasteiger partial charge in [-0.3, -0.25) is 4.79 Å². The standard InChI is InChI=1S/C30H37N3O4S/c1-4-6-8-10-18-36-24-15-13-23(14-16-24)28-31-30-33(32-28)29(34)27(38-30)21-22-12-17-25(26(20-22)35-3)37-19-11-9-7-5-2/h12-17,20-21H,4-11,18-19H2,1-3H3. The fourth-order valence-corrected chi connectivity index (χ4v) is 5.04. The zero-order valence-electron chi connectivity index (χ0n) is 22.6. The summed E-state index contributed by atoms with van der Waals surface area (Å²) in [6, 6.07) is 13.4. The fraction of sp³-hybridized carbons (Fsp3) is 0.433. The Morgan fingerprint density at radius 2 is 1.58 bits per heavy atom. The van der Waals surface area contributed by atoms with Crippen molar-refractivity contribution < 1.29 is 14.2 Å². The van der Waals surface area contributed by atoms with Gasteiger partial charge in [-0.25, -0.2) is 0 Å². The van der Waals surface area contributed by atoms with Gasteiger partial charge < -0.3 is 14.2 Å². The van der Waals surface area contributed by atoms with Crippen LogP contribution in [0.25, 0.3) is 22.4 Å². The third kappa shape index (κ3) is 7.13. The topological polar surface area (TPSA) is 75.0 Å². The van der Waals surface area contributed by atoms with Crippen LogP contribution in [0.2, 0.25) is 0 Å². The molecule has 202 valence electrons. The van der Waals surface area contributed by atoms with Crippen molar-refractivity contribution in [2.45, 2.75) is 65.2 Å². The third-order valence-corrected chi connectivity index (χ3v) is 7.26. The van der Waals surface area contributed by atoms with Crippen molar-refractivity contribution in [1.29, 1.82) is 0 Å². The second-order valence-corrected chi connectivity index (χ2v) is 10.3. The lowest BCUT2D eigenvalue weighted by molar-refractivity contribution is 0.285. The van der Waals surface area contributed by atoms with Crippen LogP contribution in [-0.2, 0) is 0 Å². The summed E-state index contributed by atoms with van der Waals surface area (Å²) in [5, 5.41) is 4.47. The van der Waals surface area contributed by atoms with E-state index in [9.17, 15) is 4.79 Å². The lowest BCUT2D eigenvalue weighted by Gasteiger charge is -2.11. The minimum atomic E-state index is -0.189. The molecule has 0 spiro atoms. The van der Waals surface area contributed by atoms with Crippen molar-refractivity contribution in [3.8, 4) is 28.6 Å². The molecule has 0 atom stereocenters. The zero-order chi connectivity index (χ0) is 26.7. The number of ether oxygens (including phenoxy) is 3. The second kappa shape index (κ2) is 14.0. The van der Waals surface area contributed by atoms with Crippen molar-refractivity contribution in [2.24, 2.45) is 0 Å². The summed E-state index contributed by atoms with van der Waals surface area (Å²) < 4.78 is 19.2. The van der Waals surface area contributed by atoms with Crippen LogP contribution in [0.3, 0.4) is 0 Å². The molecule has 0 aliphatic rings. The summed E-state index contributed by atoms with van der Waals surface area (Å²) in [7, 11) is 1.62. The molecule has 4 rings (SSSR count). The van der Waals surface area contributed by atoms with E-state index in [1.54, 1.807) is 7.11 Å². The molecule has 4 aromatic rings. The molecular formula is C30H37N3O4S. The van der Waals surface area contributed by atoms with Crippen LogP contribution in [-0.4, -0.2) is 34.9 Å². The number of fused-ring (bicyclic) bond motifs is 1. The van der Waals surface area contributed by atoms with Gasteiger partial charge in [-0.05, 0) is 60.9 Å². The zero-order valence-corrected chi connectivity index (χ0v) is 23.4. The molecule has 0 aliphatic heterocycles. The largest absolute Gasteiger partial charge is 0.494 e. The highest BCUT2D eigenvalue weighted by Gasteiger charge is 2.13. The summed E-state index contributed by atoms with van der Waals surface area (Å²) in [5.41, 5.74) is 1.51. The molecule has 0 aliphatic carbocycles. The average molecular weight is 536 g/mol. The van der Waals surface area contributed by atoms with E-state index in [2.05, 4.69) is 23.9 Å². The molecule has 0 amide bonds. The number of thiazole rings is 1. The molecule has 2 aromatic heterocycles. The third-order valence-electron chi connectivity index (χ3n) is 6.30. The molecule has 0 saturated heterocycles. The molecule has 0 saturated carbocycles. The Bertz CT molecular complexity index is 1410. The minimum absolute atomic E-state index is 0.189. The van der Waals surface area contributed by atoms with Gasteiger partial charge in [0.25, 0.3) is 5.56 Å². The van der Waals surface area contributed by atoms with Crippen LogP contribution >= 0.6 is 11.3 Å². The summed E-state index contributed by atoms with van der Waals surface area (Å²) in [6.45, 7) is 5.77. The number of rotatable bonds is 15. The van der Waals surface area contributed by atoms with E-state index in [-0.39, 0.29) is 5.56 Å². The van der Waals surface area contributed by atoms with Crippen molar-refractivity contribution in [3.05, 3.63) is 62.9 Å². The number of aromatic nitrogens is 3. The van der Waals surface area contributed by atoms with Gasteiger partial charge >= 0.3 is 0 Å². The molecule has 8 heteroatoms. The maximum absolute atomic E-state index is 13.0. The smallest absolute Gasteiger partial charge is 0.291 e. The fourth-order valence-electron chi connectivity index (χ4n) is 4.13. The molecule has 0 N–H and O–H groups in total. The Kier molecular flexibility index (Phi) is 10.1. The van der Waals surface area contributed by atoms with Gasteiger partial charge in [0.15, 0.2) is 17.3 Å². The predicted octanol–water partition coefficient (Wildman–Crippen LogP) is 6.29. The van der Waals surface area contributed by atoms with E-state index >= 15 is 0 Å². The Balaban J connectivity index is 1.45. The van der Waals surface area contributed by atoms with Gasteiger partial charge in [-0.2, -0.15) is 9.50 Å². The summed E-state index contributed by atoms with van der Waals surface area (Å²) in [4.78, 5) is 18.2. The van der Waals surface area contributed by atoms with Crippen LogP contribution in [0.1, 0.15) is 70.8 Å². The van der Waals surface area contributed by atoms with Crippen molar-refractivity contribution in [2.75, 3.05) is 20.3 Å². The van der Waals surface area contributed by atoms with Gasteiger partial charge in [-0.15, -0.1) is 5.10 Å². The molecule has 0 bridgehead atoms. The van der Waals surface area contributed by atoms with Gasteiger partial charge in [0, 0.05) is 5.56 Å². The van der Waals surface area contributed by atoms with E-state index < -0.39 is 0 Å². The van der Waals surface area contributed by atoms with Crippen LogP contribution < -0.4 is 24.3 Å². The van der Waals surface area contributed by atoms with Gasteiger partial charge in [0.05, 0.1) is 24.9 Å². The van der Waals surface area contributed by atoms with Gasteiger partial charge in [0.2, 0.25) is 4.96 Å². The van der Waals surface area contributed by atoms with E-state index in [1.807, 2.05) is 48.5 Å². The monoisotopic (exact) mass is 535 g/mol. The average Bonchev–Trinajstić information content (AvgIpc) is 3.48. The van der Waals surface area contributed by atoms with Crippen molar-refractivity contribution in [1.82, 2.24) is 14.6 Å². The normalized spacial score (nSPS) is 11.8. The van der Waals surface area contributed by atoms with Crippen molar-refractivity contribution >= 4 is 22.4 Å². The van der Waals surface area contributed by atoms with Crippen molar-refractivity contribution in [3.63, 3.8) is 0 Å². The van der Waals surface area contributed by atoms with Gasteiger partial charge in [0.1, 0.15) is 5.75 Å². The number of nitrogens with zero attached hydrogens (tertiary/aromatic N) is 3. The summed E-state index contributed by atoms with van der Waals surface area (Å²) >= 11 is 1.32. The number of hydrogen-bond donors (Lipinski definition) is 0. The number of methoxy groups -OCH3 is 1. The molecular weight excluding hydrogens is 498 g/mol. The molecule has 0 unspecified atom stereocenters. The van der Waals surface area contributed by atoms with Crippen LogP contribution in [0, 0.1) is 0 Å². The number of benzene rings is 2. The van der Waals surface area contributed by atoms with Crippen LogP contribution in [0.5, 0.6) is 17.2 Å². The first-order chi connectivity index (χ1) is 18.6. The number of unbranched alkanes of at least 4 members (excludes halogenated alkanes) is 6. The molecule has 2 heterocycles. The summed E-state index contributed by atoms with van der Waals surface area (Å²) in [6.07, 6.45) is 11.1. The highest BCUT2D eigenvalue weighted by atomic mass is 32.1. The van der Waals surface area contributed by atoms with E-state index in [0.717, 1.165) is 42.7 Å². The molecule has 38 heavy (non-hydrogen) atoms. The Hall–Kier alpha value is -3.39. The quantitative estimate of drug-likeness (QED) is 0.167. The lowest BCUT2D eigenvalue weighted by Crippen LogP contribution is -2.23. The SMILES string of the molecule is CCCCCCOc1ccc(-c2nc3sc(=Cc4ccc(OCCCCCC)c(OC)c4)c(=O)n3n2)cc1. The first-order valence-electron chi connectivity index (χ1n) is 13.6. The maximum atomic E-state index is 13.0. The second-order valence-electron chi connectivity index (χ2n) is 9.30. The highest BCUT2D eigenvalue weighted by Crippen LogP contribution is 2.29. The van der Waals surface area contributed by atoms with Gasteiger partial charge in [-0.1, -0.05) is 69.8 Å². The first-order valence-corrected chi connectivity index (χ1v) is 14.4. The minimum Gasteiger partial charge on any atom is -0.494 e. The highest BCUT2D eigenvalue weighted by molar-refractivity contribution is 7.15. The Labute approximate surface area is 228 Å².